The zero-order valence-electron chi connectivity index (χ0n) is 9.73. The minimum atomic E-state index is -0.718. The van der Waals surface area contributed by atoms with Crippen LogP contribution in [0.25, 0.3) is 0 Å². The molecule has 1 aromatic carbocycles. The Balaban J connectivity index is 1.93. The fourth-order valence-electron chi connectivity index (χ4n) is 1.89. The zero-order valence-corrected chi connectivity index (χ0v) is 12.9. The molecule has 100 valence electrons. The Morgan fingerprint density at radius 1 is 1.21 bits per heavy atom. The van der Waals surface area contributed by atoms with E-state index in [1.165, 1.54) is 11.3 Å². The zero-order chi connectivity index (χ0) is 13.4. The second-order valence-corrected chi connectivity index (χ2v) is 6.88. The summed E-state index contributed by atoms with van der Waals surface area (Å²) in [6, 6.07) is 7.22. The minimum absolute atomic E-state index is 0.531. The largest absolute Gasteiger partial charge is 0.486 e. The molecule has 19 heavy (non-hydrogen) atoms. The van der Waals surface area contributed by atoms with E-state index in [2.05, 4.69) is 15.9 Å². The van der Waals surface area contributed by atoms with Gasteiger partial charge in [0, 0.05) is 4.88 Å². The lowest BCUT2D eigenvalue weighted by molar-refractivity contribution is 0.170. The van der Waals surface area contributed by atoms with Crippen LogP contribution >= 0.6 is 38.9 Å². The fraction of sp³-hybridized carbons (Fsp3) is 0.231. The van der Waals surface area contributed by atoms with Crippen LogP contribution < -0.4 is 9.47 Å². The van der Waals surface area contributed by atoms with Gasteiger partial charge in [-0.1, -0.05) is 17.7 Å². The van der Waals surface area contributed by atoms with Gasteiger partial charge in [0.05, 0.1) is 8.81 Å². The highest BCUT2D eigenvalue weighted by molar-refractivity contribution is 9.11. The summed E-state index contributed by atoms with van der Waals surface area (Å²) >= 11 is 10.7. The molecule has 1 N–H and O–H groups in total. The molecule has 6 heteroatoms. The summed E-state index contributed by atoms with van der Waals surface area (Å²) in [6.45, 7) is 1.09. The Bertz CT molecular complexity index is 594. The summed E-state index contributed by atoms with van der Waals surface area (Å²) in [4.78, 5) is 0.786. The number of ether oxygens (including phenoxy) is 2. The highest BCUT2D eigenvalue weighted by Crippen LogP contribution is 2.39. The lowest BCUT2D eigenvalue weighted by atomic mass is 10.1. The van der Waals surface area contributed by atoms with Gasteiger partial charge in [0.2, 0.25) is 0 Å². The van der Waals surface area contributed by atoms with Crippen LogP contribution in [0.1, 0.15) is 16.5 Å². The van der Waals surface area contributed by atoms with Crippen LogP contribution in [0.15, 0.2) is 28.1 Å². The molecular formula is C13H10BrClO3S. The van der Waals surface area contributed by atoms with Crippen molar-refractivity contribution in [3.63, 3.8) is 0 Å². The molecule has 0 fully saturated rings. The van der Waals surface area contributed by atoms with Crippen LogP contribution in [0.2, 0.25) is 5.02 Å². The molecule has 3 rings (SSSR count). The molecule has 1 atom stereocenters. The highest BCUT2D eigenvalue weighted by atomic mass is 79.9. The Kier molecular flexibility index (Phi) is 3.71. The maximum Gasteiger partial charge on any atom is 0.161 e. The Morgan fingerprint density at radius 3 is 2.63 bits per heavy atom. The number of fused-ring (bicyclic) bond motifs is 1. The molecule has 0 radical (unpaired) electrons. The van der Waals surface area contributed by atoms with E-state index in [9.17, 15) is 5.11 Å². The van der Waals surface area contributed by atoms with E-state index in [-0.39, 0.29) is 0 Å². The van der Waals surface area contributed by atoms with Gasteiger partial charge in [-0.15, -0.1) is 11.3 Å². The first-order chi connectivity index (χ1) is 9.15. The van der Waals surface area contributed by atoms with E-state index in [0.717, 1.165) is 14.2 Å². The van der Waals surface area contributed by atoms with Crippen molar-refractivity contribution in [2.24, 2.45) is 0 Å². The van der Waals surface area contributed by atoms with E-state index >= 15 is 0 Å². The number of hydrogen-bond acceptors (Lipinski definition) is 4. The lowest BCUT2D eigenvalue weighted by Crippen LogP contribution is -2.15. The maximum atomic E-state index is 10.4. The van der Waals surface area contributed by atoms with Gasteiger partial charge in [0.25, 0.3) is 0 Å². The van der Waals surface area contributed by atoms with Gasteiger partial charge in [-0.2, -0.15) is 0 Å². The van der Waals surface area contributed by atoms with Gasteiger partial charge in [-0.05, 0) is 39.7 Å². The average Bonchev–Trinajstić information content (AvgIpc) is 2.77. The predicted molar refractivity (Wildman–Crippen MR) is 78.5 cm³/mol. The molecule has 0 saturated heterocycles. The van der Waals surface area contributed by atoms with E-state index in [1.807, 2.05) is 12.1 Å². The molecule has 0 amide bonds. The van der Waals surface area contributed by atoms with E-state index in [1.54, 1.807) is 12.1 Å². The molecule has 0 spiro atoms. The van der Waals surface area contributed by atoms with Crippen molar-refractivity contribution in [2.75, 3.05) is 13.2 Å². The summed E-state index contributed by atoms with van der Waals surface area (Å²) in [5.41, 5.74) is 0.759. The average molecular weight is 362 g/mol. The number of rotatable bonds is 2. The molecular weight excluding hydrogens is 352 g/mol. The summed E-state index contributed by atoms with van der Waals surface area (Å²) in [6.07, 6.45) is -0.718. The molecule has 0 bridgehead atoms. The Morgan fingerprint density at radius 2 is 1.95 bits per heavy atom. The third-order valence-electron chi connectivity index (χ3n) is 2.82. The highest BCUT2D eigenvalue weighted by Gasteiger charge is 2.19. The molecule has 0 aliphatic carbocycles. The molecule has 1 aliphatic heterocycles. The fourth-order valence-corrected chi connectivity index (χ4v) is 3.65. The first-order valence-corrected chi connectivity index (χ1v) is 7.66. The predicted octanol–water partition coefficient (Wildman–Crippen LogP) is 4.02. The molecule has 2 heterocycles. The number of hydrogen-bond donors (Lipinski definition) is 1. The first-order valence-electron chi connectivity index (χ1n) is 5.67. The normalized spacial score (nSPS) is 15.3. The van der Waals surface area contributed by atoms with Gasteiger partial charge >= 0.3 is 0 Å². The van der Waals surface area contributed by atoms with Crippen molar-refractivity contribution in [3.8, 4) is 11.5 Å². The van der Waals surface area contributed by atoms with Gasteiger partial charge in [-0.25, -0.2) is 0 Å². The third kappa shape index (κ3) is 2.60. The molecule has 0 saturated carbocycles. The van der Waals surface area contributed by atoms with Crippen molar-refractivity contribution in [1.29, 1.82) is 0 Å². The van der Waals surface area contributed by atoms with E-state index in [4.69, 9.17) is 21.1 Å². The standard InChI is InChI=1S/C13H10BrClO3S/c14-13-8(15)6-11(19-13)12(16)7-1-2-9-10(5-7)18-4-3-17-9/h1-2,5-6,12,16H,3-4H2. The van der Waals surface area contributed by atoms with Crippen LogP contribution in [0.4, 0.5) is 0 Å². The quantitative estimate of drug-likeness (QED) is 0.878. The second-order valence-electron chi connectivity index (χ2n) is 4.08. The topological polar surface area (TPSA) is 38.7 Å². The molecule has 1 aromatic heterocycles. The summed E-state index contributed by atoms with van der Waals surface area (Å²) < 4.78 is 11.8. The van der Waals surface area contributed by atoms with Gasteiger partial charge < -0.3 is 14.6 Å². The van der Waals surface area contributed by atoms with Crippen molar-refractivity contribution < 1.29 is 14.6 Å². The molecule has 1 aliphatic rings. The van der Waals surface area contributed by atoms with Crippen molar-refractivity contribution >= 4 is 38.9 Å². The van der Waals surface area contributed by atoms with Crippen LogP contribution in [-0.2, 0) is 0 Å². The third-order valence-corrected chi connectivity index (χ3v) is 5.34. The van der Waals surface area contributed by atoms with Gasteiger partial charge in [0.1, 0.15) is 19.3 Å². The lowest BCUT2D eigenvalue weighted by Gasteiger charge is -2.20. The number of halogens is 2. The number of aliphatic hydroxyl groups excluding tert-OH is 1. The van der Waals surface area contributed by atoms with Crippen LogP contribution in [-0.4, -0.2) is 18.3 Å². The summed E-state index contributed by atoms with van der Waals surface area (Å²) in [5, 5.41) is 11.0. The monoisotopic (exact) mass is 360 g/mol. The second kappa shape index (κ2) is 5.32. The Hall–Kier alpha value is -0.750. The molecule has 3 nitrogen and oxygen atoms in total. The van der Waals surface area contributed by atoms with Gasteiger partial charge in [0.15, 0.2) is 11.5 Å². The smallest absolute Gasteiger partial charge is 0.161 e. The number of aliphatic hydroxyl groups is 1. The van der Waals surface area contributed by atoms with Crippen molar-refractivity contribution in [3.05, 3.63) is 43.5 Å². The van der Waals surface area contributed by atoms with E-state index < -0.39 is 6.10 Å². The molecule has 2 aromatic rings. The van der Waals surface area contributed by atoms with Crippen molar-refractivity contribution in [2.45, 2.75) is 6.10 Å². The number of thiophene rings is 1. The van der Waals surface area contributed by atoms with Gasteiger partial charge in [-0.3, -0.25) is 0 Å². The van der Waals surface area contributed by atoms with Crippen LogP contribution in [0.3, 0.4) is 0 Å². The van der Waals surface area contributed by atoms with E-state index in [0.29, 0.717) is 29.7 Å². The van der Waals surface area contributed by atoms with Crippen LogP contribution in [0, 0.1) is 0 Å². The summed E-state index contributed by atoms with van der Waals surface area (Å²) in [5.74, 6) is 1.39. The number of benzene rings is 1. The maximum absolute atomic E-state index is 10.4. The molecule has 1 unspecified atom stereocenters. The SMILES string of the molecule is OC(c1ccc2c(c1)OCCO2)c1cc(Cl)c(Br)s1. The first kappa shape index (κ1) is 13.2. The summed E-state index contributed by atoms with van der Waals surface area (Å²) in [7, 11) is 0. The van der Waals surface area contributed by atoms with Crippen LogP contribution in [0.5, 0.6) is 11.5 Å². The van der Waals surface area contributed by atoms with Crippen molar-refractivity contribution in [1.82, 2.24) is 0 Å². The Labute approximate surface area is 127 Å². The minimum Gasteiger partial charge on any atom is -0.486 e.